The highest BCUT2D eigenvalue weighted by atomic mass is 32.2. The molecule has 0 radical (unpaired) electrons. The summed E-state index contributed by atoms with van der Waals surface area (Å²) >= 11 is 0. The number of nitriles is 1. The van der Waals surface area contributed by atoms with Crippen LogP contribution in [-0.2, 0) is 48.3 Å². The van der Waals surface area contributed by atoms with Gasteiger partial charge in [-0.1, -0.05) is 33.1 Å². The Morgan fingerprint density at radius 3 is 1.98 bits per heavy atom. The Hall–Kier alpha value is -4.29. The second-order valence-electron chi connectivity index (χ2n) is 8.71. The first-order chi connectivity index (χ1) is 19.2. The van der Waals surface area contributed by atoms with Crippen molar-refractivity contribution in [3.05, 3.63) is 48.6 Å². The summed E-state index contributed by atoms with van der Waals surface area (Å²) in [6, 6.07) is 1.85. The van der Waals surface area contributed by atoms with Gasteiger partial charge in [0.1, 0.15) is 24.5 Å². The summed E-state index contributed by atoms with van der Waals surface area (Å²) in [5.74, 6) is -3.92. The Morgan fingerprint density at radius 1 is 1.00 bits per heavy atom. The average molecular weight is 617 g/mol. The molecule has 42 heavy (non-hydrogen) atoms. The van der Waals surface area contributed by atoms with Crippen LogP contribution in [-0.4, -0.2) is 79.0 Å². The van der Waals surface area contributed by atoms with E-state index in [1.165, 1.54) is 33.8 Å². The molecule has 0 aromatic rings. The Morgan fingerprint density at radius 2 is 1.55 bits per heavy atom. The molecule has 0 aliphatic rings. The fourth-order valence-electron chi connectivity index (χ4n) is 1.93. The lowest BCUT2D eigenvalue weighted by Gasteiger charge is -2.22. The highest BCUT2D eigenvalue weighted by molar-refractivity contribution is 7.85. The SMILES string of the molecule is C=C(C)C(=O)OCCS(=O)(=O)O.C=C(C=C(C)C(=O)O)C(=O)OCCCC.C=CC(=O)NC(C)(C)C(=O)OCCC#N. The number of hydrogen-bond donors (Lipinski definition) is 3. The Labute approximate surface area is 246 Å². The molecule has 0 saturated heterocycles. The van der Waals surface area contributed by atoms with Crippen molar-refractivity contribution in [1.82, 2.24) is 5.32 Å². The van der Waals surface area contributed by atoms with Crippen molar-refractivity contribution in [2.24, 2.45) is 0 Å². The quantitative estimate of drug-likeness (QED) is 0.0601. The number of ether oxygens (including phenoxy) is 3. The van der Waals surface area contributed by atoms with Crippen LogP contribution in [0.3, 0.4) is 0 Å². The highest BCUT2D eigenvalue weighted by Gasteiger charge is 2.30. The van der Waals surface area contributed by atoms with Crippen LogP contribution >= 0.6 is 0 Å². The van der Waals surface area contributed by atoms with E-state index in [0.717, 1.165) is 18.9 Å². The molecule has 0 aromatic heterocycles. The minimum absolute atomic E-state index is 0.0305. The van der Waals surface area contributed by atoms with Crippen molar-refractivity contribution in [2.45, 2.75) is 59.4 Å². The number of esters is 3. The van der Waals surface area contributed by atoms with E-state index in [4.69, 9.17) is 24.4 Å². The number of hydrogen-bond acceptors (Lipinski definition) is 11. The van der Waals surface area contributed by atoms with E-state index in [1.54, 1.807) is 0 Å². The van der Waals surface area contributed by atoms with Crippen LogP contribution in [0.1, 0.15) is 53.9 Å². The molecule has 0 unspecified atom stereocenters. The van der Waals surface area contributed by atoms with Gasteiger partial charge < -0.3 is 24.6 Å². The van der Waals surface area contributed by atoms with Crippen molar-refractivity contribution in [3.8, 4) is 6.07 Å². The molecule has 0 saturated carbocycles. The van der Waals surface area contributed by atoms with Crippen LogP contribution in [0.5, 0.6) is 0 Å². The van der Waals surface area contributed by atoms with Crippen LogP contribution in [0.25, 0.3) is 0 Å². The molecular weight excluding hydrogens is 576 g/mol. The van der Waals surface area contributed by atoms with Crippen molar-refractivity contribution in [3.63, 3.8) is 0 Å². The topological polar surface area (TPSA) is 223 Å². The molecule has 3 N–H and O–H groups in total. The van der Waals surface area contributed by atoms with E-state index in [2.05, 4.69) is 29.8 Å². The number of nitrogens with zero attached hydrogens (tertiary/aromatic N) is 1. The predicted molar refractivity (Wildman–Crippen MR) is 152 cm³/mol. The molecule has 0 aliphatic heterocycles. The maximum atomic E-state index is 11.4. The third kappa shape index (κ3) is 24.7. The van der Waals surface area contributed by atoms with Crippen molar-refractivity contribution in [1.29, 1.82) is 5.26 Å². The zero-order chi connectivity index (χ0) is 33.5. The number of carbonyl (C=O) groups is 5. The number of carboxylic acid groups (broad SMARTS) is 1. The third-order valence-corrected chi connectivity index (χ3v) is 4.91. The van der Waals surface area contributed by atoms with Crippen LogP contribution in [0.4, 0.5) is 0 Å². The normalized spacial score (nSPS) is 10.5. The Balaban J connectivity index is -0.000000547. The van der Waals surface area contributed by atoms with Gasteiger partial charge in [-0.2, -0.15) is 13.7 Å². The van der Waals surface area contributed by atoms with E-state index in [1.807, 2.05) is 13.0 Å². The number of carboxylic acids is 1. The van der Waals surface area contributed by atoms with E-state index in [9.17, 15) is 32.4 Å². The van der Waals surface area contributed by atoms with E-state index in [0.29, 0.717) is 6.61 Å². The summed E-state index contributed by atoms with van der Waals surface area (Å²) in [7, 11) is -4.05. The van der Waals surface area contributed by atoms with Gasteiger partial charge in [-0.15, -0.1) is 0 Å². The number of amides is 1. The molecule has 0 fully saturated rings. The van der Waals surface area contributed by atoms with Gasteiger partial charge in [0.05, 0.1) is 24.7 Å². The molecule has 0 aromatic carbocycles. The van der Waals surface area contributed by atoms with Gasteiger partial charge in [-0.25, -0.2) is 19.2 Å². The molecule has 1 amide bonds. The number of carbonyl (C=O) groups excluding carboxylic acids is 4. The third-order valence-electron chi connectivity index (χ3n) is 4.22. The second-order valence-corrected chi connectivity index (χ2v) is 10.3. The monoisotopic (exact) mass is 616 g/mol. The Kier molecular flexibility index (Phi) is 22.5. The fourth-order valence-corrected chi connectivity index (χ4v) is 2.22. The lowest BCUT2D eigenvalue weighted by molar-refractivity contribution is -0.151. The first-order valence-electron chi connectivity index (χ1n) is 12.3. The summed E-state index contributed by atoms with van der Waals surface area (Å²) < 4.78 is 42.5. The minimum Gasteiger partial charge on any atom is -0.478 e. The van der Waals surface area contributed by atoms with E-state index in [-0.39, 0.29) is 36.4 Å². The summed E-state index contributed by atoms with van der Waals surface area (Å²) in [6.07, 6.45) is 4.14. The molecule has 0 aliphatic carbocycles. The summed E-state index contributed by atoms with van der Waals surface area (Å²) in [6.45, 7) is 17.9. The second kappa shape index (κ2) is 22.4. The molecule has 0 heterocycles. The molecule has 14 nitrogen and oxygen atoms in total. The summed E-state index contributed by atoms with van der Waals surface area (Å²) in [5, 5.41) is 19.2. The zero-order valence-electron chi connectivity index (χ0n) is 24.6. The first-order valence-corrected chi connectivity index (χ1v) is 13.9. The van der Waals surface area contributed by atoms with Crippen LogP contribution < -0.4 is 5.32 Å². The number of unbranched alkanes of at least 4 members (excludes halogenated alkanes) is 1. The lowest BCUT2D eigenvalue weighted by atomic mass is 10.1. The van der Waals surface area contributed by atoms with E-state index < -0.39 is 51.2 Å². The Bertz CT molecular complexity index is 1160. The zero-order valence-corrected chi connectivity index (χ0v) is 25.4. The maximum Gasteiger partial charge on any atom is 0.337 e. The van der Waals surface area contributed by atoms with Crippen molar-refractivity contribution in [2.75, 3.05) is 25.6 Å². The molecule has 0 spiro atoms. The molecular formula is C27H40N2O12S. The van der Waals surface area contributed by atoms with Gasteiger partial charge in [0, 0.05) is 11.1 Å². The summed E-state index contributed by atoms with van der Waals surface area (Å²) in [5.41, 5.74) is -0.801. The van der Waals surface area contributed by atoms with Gasteiger partial charge in [-0.3, -0.25) is 9.35 Å². The van der Waals surface area contributed by atoms with Gasteiger partial charge >= 0.3 is 23.9 Å². The molecule has 0 bridgehead atoms. The largest absolute Gasteiger partial charge is 0.478 e. The fraction of sp³-hybridized carbons (Fsp3) is 0.481. The number of rotatable bonds is 15. The smallest absolute Gasteiger partial charge is 0.337 e. The van der Waals surface area contributed by atoms with Crippen LogP contribution in [0.15, 0.2) is 48.6 Å². The standard InChI is InChI=1S/C11H16O4.C10H14N2O3.C6H10O5S/c1-4-5-6-15-11(14)9(3)7-8(2)10(12)13;1-4-8(13)12-10(2,3)9(14)15-7-5-6-11;1-5(2)6(7)11-3-4-12(8,9)10/h7H,3-6H2,1-2H3,(H,12,13);4H,1,5,7H2,2-3H3,(H,12,13);1,3-4H2,2H3,(H,8,9,10). The number of aliphatic carboxylic acids is 1. The van der Waals surface area contributed by atoms with Crippen LogP contribution in [0, 0.1) is 11.3 Å². The van der Waals surface area contributed by atoms with Crippen LogP contribution in [0.2, 0.25) is 0 Å². The summed E-state index contributed by atoms with van der Waals surface area (Å²) in [4.78, 5) is 54.7. The minimum atomic E-state index is -4.05. The molecule has 0 atom stereocenters. The van der Waals surface area contributed by atoms with Gasteiger partial charge in [0.15, 0.2) is 0 Å². The van der Waals surface area contributed by atoms with Gasteiger partial charge in [-0.05, 0) is 46.3 Å². The molecule has 0 rings (SSSR count). The molecule has 236 valence electrons. The van der Waals surface area contributed by atoms with Crippen molar-refractivity contribution >= 4 is 39.9 Å². The molecule has 15 heteroatoms. The highest BCUT2D eigenvalue weighted by Crippen LogP contribution is 2.06. The van der Waals surface area contributed by atoms with E-state index >= 15 is 0 Å². The predicted octanol–water partition coefficient (Wildman–Crippen LogP) is 2.43. The first kappa shape index (κ1) is 42.2. The lowest BCUT2D eigenvalue weighted by Crippen LogP contribution is -2.50. The van der Waals surface area contributed by atoms with Gasteiger partial charge in [0.25, 0.3) is 10.1 Å². The number of nitrogens with one attached hydrogen (secondary N) is 1. The maximum absolute atomic E-state index is 11.4. The average Bonchev–Trinajstić information content (AvgIpc) is 2.88. The van der Waals surface area contributed by atoms with Crippen molar-refractivity contribution < 1.29 is 56.3 Å². The van der Waals surface area contributed by atoms with Gasteiger partial charge in [0.2, 0.25) is 5.91 Å².